The summed E-state index contributed by atoms with van der Waals surface area (Å²) in [5, 5.41) is 3.45. The van der Waals surface area contributed by atoms with Crippen molar-refractivity contribution in [2.24, 2.45) is 5.92 Å². The van der Waals surface area contributed by atoms with E-state index in [1.54, 1.807) is 42.2 Å². The molecule has 126 valence electrons. The van der Waals surface area contributed by atoms with Gasteiger partial charge in [0.05, 0.1) is 17.3 Å². The Morgan fingerprint density at radius 1 is 1.35 bits per heavy atom. The summed E-state index contributed by atoms with van der Waals surface area (Å²) in [5.74, 6) is 0.522. The smallest absolute Gasteiger partial charge is 0.317 e. The second-order valence-corrected chi connectivity index (χ2v) is 6.49. The maximum absolute atomic E-state index is 12.2. The second kappa shape index (κ2) is 8.15. The van der Waals surface area contributed by atoms with Crippen LogP contribution in [-0.2, 0) is 11.3 Å². The molecule has 0 radical (unpaired) electrons. The molecular formula is C16H23ClN4O2. The van der Waals surface area contributed by atoms with Crippen molar-refractivity contribution in [3.63, 3.8) is 0 Å². The van der Waals surface area contributed by atoms with Crippen LogP contribution in [0, 0.1) is 5.92 Å². The lowest BCUT2D eigenvalue weighted by atomic mass is 9.93. The Balaban J connectivity index is 1.73. The van der Waals surface area contributed by atoms with Crippen molar-refractivity contribution < 1.29 is 9.59 Å². The van der Waals surface area contributed by atoms with Gasteiger partial charge in [-0.1, -0.05) is 11.6 Å². The molecule has 0 aromatic carbocycles. The molecular weight excluding hydrogens is 316 g/mol. The summed E-state index contributed by atoms with van der Waals surface area (Å²) in [6, 6.07) is 3.46. The summed E-state index contributed by atoms with van der Waals surface area (Å²) in [6.07, 6.45) is 3.87. The Bertz CT molecular complexity index is 540. The van der Waals surface area contributed by atoms with Crippen molar-refractivity contribution in [1.29, 1.82) is 0 Å². The number of halogens is 1. The molecule has 1 aliphatic rings. The predicted octanol–water partition coefficient (Wildman–Crippen LogP) is 2.13. The van der Waals surface area contributed by atoms with Crippen LogP contribution in [0.1, 0.15) is 25.0 Å². The monoisotopic (exact) mass is 338 g/mol. The van der Waals surface area contributed by atoms with Crippen molar-refractivity contribution >= 4 is 23.5 Å². The number of rotatable bonds is 4. The van der Waals surface area contributed by atoms with E-state index in [-0.39, 0.29) is 11.9 Å². The van der Waals surface area contributed by atoms with Gasteiger partial charge in [0.25, 0.3) is 0 Å². The maximum atomic E-state index is 12.2. The summed E-state index contributed by atoms with van der Waals surface area (Å²) in [7, 11) is 3.55. The molecule has 0 aliphatic carbocycles. The summed E-state index contributed by atoms with van der Waals surface area (Å²) in [4.78, 5) is 31.5. The van der Waals surface area contributed by atoms with Crippen LogP contribution >= 0.6 is 11.6 Å². The fourth-order valence-electron chi connectivity index (χ4n) is 2.56. The van der Waals surface area contributed by atoms with Crippen LogP contribution in [0.5, 0.6) is 0 Å². The van der Waals surface area contributed by atoms with E-state index in [4.69, 9.17) is 11.6 Å². The quantitative estimate of drug-likeness (QED) is 0.914. The summed E-state index contributed by atoms with van der Waals surface area (Å²) in [6.45, 7) is 1.76. The van der Waals surface area contributed by atoms with Crippen LogP contribution in [0.25, 0.3) is 0 Å². The molecule has 0 saturated carbocycles. The molecule has 1 fully saturated rings. The number of urea groups is 1. The molecule has 0 spiro atoms. The van der Waals surface area contributed by atoms with Gasteiger partial charge >= 0.3 is 6.03 Å². The minimum Gasteiger partial charge on any atom is -0.349 e. The van der Waals surface area contributed by atoms with Crippen molar-refractivity contribution in [2.75, 3.05) is 27.2 Å². The molecule has 0 atom stereocenters. The first-order chi connectivity index (χ1) is 11.0. The summed E-state index contributed by atoms with van der Waals surface area (Å²) in [5.41, 5.74) is 0.772. The lowest BCUT2D eigenvalue weighted by Crippen LogP contribution is -2.44. The van der Waals surface area contributed by atoms with Gasteiger partial charge in [-0.2, -0.15) is 0 Å². The lowest BCUT2D eigenvalue weighted by molar-refractivity contribution is -0.129. The Hall–Kier alpha value is -1.82. The third kappa shape index (κ3) is 5.39. The van der Waals surface area contributed by atoms with Crippen molar-refractivity contribution in [3.8, 4) is 0 Å². The largest absolute Gasteiger partial charge is 0.349 e. The zero-order chi connectivity index (χ0) is 16.8. The number of likely N-dealkylation sites (tertiary alicyclic amines) is 1. The molecule has 1 N–H and O–H groups in total. The molecule has 7 heteroatoms. The van der Waals surface area contributed by atoms with E-state index in [1.807, 2.05) is 0 Å². The number of hydrogen-bond donors (Lipinski definition) is 1. The van der Waals surface area contributed by atoms with Gasteiger partial charge < -0.3 is 15.1 Å². The number of aromatic nitrogens is 1. The Morgan fingerprint density at radius 3 is 2.61 bits per heavy atom. The molecule has 3 amide bonds. The van der Waals surface area contributed by atoms with E-state index >= 15 is 0 Å². The molecule has 1 aromatic heterocycles. The predicted molar refractivity (Wildman–Crippen MR) is 89.1 cm³/mol. The fourth-order valence-corrected chi connectivity index (χ4v) is 2.67. The SMILES string of the molecule is CN(C)C(=O)CC1CCN(C(=O)NCc2ccc(Cl)cn2)CC1. The van der Waals surface area contributed by atoms with Crippen LogP contribution < -0.4 is 5.32 Å². The minimum absolute atomic E-state index is 0.0841. The van der Waals surface area contributed by atoms with Crippen molar-refractivity contribution in [3.05, 3.63) is 29.0 Å². The number of piperidine rings is 1. The van der Waals surface area contributed by atoms with Crippen LogP contribution in [0.4, 0.5) is 4.79 Å². The van der Waals surface area contributed by atoms with Crippen LogP contribution in [0.15, 0.2) is 18.3 Å². The number of amides is 3. The van der Waals surface area contributed by atoms with Gasteiger partial charge in [-0.25, -0.2) is 4.79 Å². The van der Waals surface area contributed by atoms with Crippen LogP contribution in [-0.4, -0.2) is 53.9 Å². The normalized spacial score (nSPS) is 15.3. The zero-order valence-corrected chi connectivity index (χ0v) is 14.3. The number of hydrogen-bond acceptors (Lipinski definition) is 3. The van der Waals surface area contributed by atoms with E-state index in [9.17, 15) is 9.59 Å². The van der Waals surface area contributed by atoms with E-state index in [2.05, 4.69) is 10.3 Å². The number of carbonyl (C=O) groups is 2. The molecule has 0 bridgehead atoms. The third-order valence-corrected chi connectivity index (χ3v) is 4.30. The van der Waals surface area contributed by atoms with Crippen LogP contribution in [0.2, 0.25) is 5.02 Å². The number of carbonyl (C=O) groups excluding carboxylic acids is 2. The van der Waals surface area contributed by atoms with Gasteiger partial charge in [0.1, 0.15) is 0 Å². The highest BCUT2D eigenvalue weighted by Gasteiger charge is 2.24. The third-order valence-electron chi connectivity index (χ3n) is 4.07. The lowest BCUT2D eigenvalue weighted by Gasteiger charge is -2.32. The maximum Gasteiger partial charge on any atom is 0.317 e. The first kappa shape index (κ1) is 17.5. The highest BCUT2D eigenvalue weighted by molar-refractivity contribution is 6.30. The topological polar surface area (TPSA) is 65.5 Å². The molecule has 1 saturated heterocycles. The molecule has 6 nitrogen and oxygen atoms in total. The number of nitrogens with one attached hydrogen (secondary N) is 1. The fraction of sp³-hybridized carbons (Fsp3) is 0.562. The van der Waals surface area contributed by atoms with Gasteiger partial charge in [0.15, 0.2) is 0 Å². The first-order valence-corrected chi connectivity index (χ1v) is 8.17. The van der Waals surface area contributed by atoms with Gasteiger partial charge in [-0.05, 0) is 30.9 Å². The Morgan fingerprint density at radius 2 is 2.04 bits per heavy atom. The average Bonchev–Trinajstić information content (AvgIpc) is 2.54. The molecule has 1 aromatic rings. The minimum atomic E-state index is -0.0841. The van der Waals surface area contributed by atoms with E-state index in [0.29, 0.717) is 37.0 Å². The van der Waals surface area contributed by atoms with E-state index in [0.717, 1.165) is 18.5 Å². The highest BCUT2D eigenvalue weighted by atomic mass is 35.5. The van der Waals surface area contributed by atoms with Crippen molar-refractivity contribution in [2.45, 2.75) is 25.8 Å². The average molecular weight is 339 g/mol. The van der Waals surface area contributed by atoms with Gasteiger partial charge in [-0.15, -0.1) is 0 Å². The van der Waals surface area contributed by atoms with Gasteiger partial charge in [0.2, 0.25) is 5.91 Å². The van der Waals surface area contributed by atoms with E-state index in [1.165, 1.54) is 0 Å². The Labute approximate surface area is 141 Å². The van der Waals surface area contributed by atoms with Gasteiger partial charge in [-0.3, -0.25) is 9.78 Å². The second-order valence-electron chi connectivity index (χ2n) is 6.05. The summed E-state index contributed by atoms with van der Waals surface area (Å²) >= 11 is 5.78. The number of pyridine rings is 1. The molecule has 2 heterocycles. The van der Waals surface area contributed by atoms with Crippen LogP contribution in [0.3, 0.4) is 0 Å². The Kier molecular flexibility index (Phi) is 6.21. The van der Waals surface area contributed by atoms with Crippen molar-refractivity contribution in [1.82, 2.24) is 20.1 Å². The standard InChI is InChI=1S/C16H23ClN4O2/c1-20(2)15(22)9-12-5-7-21(8-6-12)16(23)19-11-14-4-3-13(17)10-18-14/h3-4,10,12H,5-9,11H2,1-2H3,(H,19,23). The van der Waals surface area contributed by atoms with Gasteiger partial charge in [0, 0.05) is 39.8 Å². The van der Waals surface area contributed by atoms with E-state index < -0.39 is 0 Å². The highest BCUT2D eigenvalue weighted by Crippen LogP contribution is 2.21. The number of nitrogens with zero attached hydrogens (tertiary/aromatic N) is 3. The molecule has 2 rings (SSSR count). The molecule has 0 unspecified atom stereocenters. The summed E-state index contributed by atoms with van der Waals surface area (Å²) < 4.78 is 0. The first-order valence-electron chi connectivity index (χ1n) is 7.79. The molecule has 23 heavy (non-hydrogen) atoms. The molecule has 1 aliphatic heterocycles. The zero-order valence-electron chi connectivity index (χ0n) is 13.6.